The minimum Gasteiger partial charge on any atom is -0.488 e. The van der Waals surface area contributed by atoms with E-state index in [0.717, 1.165) is 16.3 Å². The molecule has 0 saturated carbocycles. The lowest BCUT2D eigenvalue weighted by Crippen LogP contribution is -2.32. The van der Waals surface area contributed by atoms with Crippen molar-refractivity contribution >= 4 is 34.5 Å². The fourth-order valence-corrected chi connectivity index (χ4v) is 3.18. The molecule has 0 aliphatic carbocycles. The van der Waals surface area contributed by atoms with Gasteiger partial charge in [0.15, 0.2) is 0 Å². The van der Waals surface area contributed by atoms with E-state index < -0.39 is 11.8 Å². The molecule has 0 aromatic heterocycles. The van der Waals surface area contributed by atoms with Crippen LogP contribution >= 0.6 is 0 Å². The molecule has 32 heavy (non-hydrogen) atoms. The number of hydrogen-bond donors (Lipinski definition) is 2. The highest BCUT2D eigenvalue weighted by Crippen LogP contribution is 2.22. The third-order valence-electron chi connectivity index (χ3n) is 4.77. The van der Waals surface area contributed by atoms with Gasteiger partial charge in [-0.05, 0) is 29.1 Å². The summed E-state index contributed by atoms with van der Waals surface area (Å²) in [5, 5.41) is 8.37. The Labute approximate surface area is 185 Å². The summed E-state index contributed by atoms with van der Waals surface area (Å²) in [5.41, 5.74) is 4.54. The molecule has 0 spiro atoms. The van der Waals surface area contributed by atoms with Crippen LogP contribution in [0.4, 0.5) is 5.69 Å². The molecule has 4 aromatic rings. The predicted octanol–water partition coefficient (Wildman–Crippen LogP) is 4.51. The van der Waals surface area contributed by atoms with Crippen LogP contribution in [0.3, 0.4) is 0 Å². The summed E-state index contributed by atoms with van der Waals surface area (Å²) >= 11 is 0. The fourth-order valence-electron chi connectivity index (χ4n) is 3.18. The number of nitrogens with one attached hydrogen (secondary N) is 2. The molecule has 6 nitrogen and oxygen atoms in total. The zero-order chi connectivity index (χ0) is 22.2. The molecule has 0 unspecified atom stereocenters. The number of nitrogens with zero attached hydrogens (tertiary/aromatic N) is 1. The van der Waals surface area contributed by atoms with E-state index in [1.54, 1.807) is 6.07 Å². The molecule has 2 amide bonds. The Hall–Kier alpha value is -4.45. The monoisotopic (exact) mass is 423 g/mol. The standard InChI is InChI=1S/C26H21N3O3/c30-25(28-23-15-8-13-20-11-4-6-14-22(20)23)26(31)29-27-17-21-12-5-7-16-24(21)32-18-19-9-2-1-3-10-19/h1-17H,18H2,(H,28,30)(H,29,31)/b27-17+. The van der Waals surface area contributed by atoms with Crippen molar-refractivity contribution in [2.45, 2.75) is 6.61 Å². The molecule has 2 N–H and O–H groups in total. The first-order chi connectivity index (χ1) is 15.7. The topological polar surface area (TPSA) is 79.8 Å². The lowest BCUT2D eigenvalue weighted by atomic mass is 10.1. The van der Waals surface area contributed by atoms with Gasteiger partial charge in [-0.2, -0.15) is 5.10 Å². The number of anilines is 1. The van der Waals surface area contributed by atoms with E-state index in [1.807, 2.05) is 91.0 Å². The Kier molecular flexibility index (Phi) is 6.53. The maximum absolute atomic E-state index is 12.3. The predicted molar refractivity (Wildman–Crippen MR) is 126 cm³/mol. The molecule has 0 heterocycles. The normalized spacial score (nSPS) is 10.8. The average Bonchev–Trinajstić information content (AvgIpc) is 2.84. The average molecular weight is 423 g/mol. The molecule has 4 aromatic carbocycles. The van der Waals surface area contributed by atoms with E-state index in [0.29, 0.717) is 23.6 Å². The number of carbonyl (C=O) groups is 2. The van der Waals surface area contributed by atoms with E-state index in [-0.39, 0.29) is 0 Å². The second-order valence-electron chi connectivity index (χ2n) is 6.99. The van der Waals surface area contributed by atoms with E-state index in [1.165, 1.54) is 6.21 Å². The van der Waals surface area contributed by atoms with Gasteiger partial charge in [-0.1, -0.05) is 78.9 Å². The molecule has 158 valence electrons. The molecule has 0 aliphatic heterocycles. The first kappa shape index (κ1) is 20.8. The van der Waals surface area contributed by atoms with Crippen LogP contribution in [0.5, 0.6) is 5.75 Å². The minimum absolute atomic E-state index is 0.408. The first-order valence-electron chi connectivity index (χ1n) is 10.1. The second-order valence-corrected chi connectivity index (χ2v) is 6.99. The molecular weight excluding hydrogens is 402 g/mol. The Morgan fingerprint density at radius 1 is 0.781 bits per heavy atom. The Morgan fingerprint density at radius 2 is 1.50 bits per heavy atom. The van der Waals surface area contributed by atoms with Crippen molar-refractivity contribution in [1.82, 2.24) is 5.43 Å². The van der Waals surface area contributed by atoms with E-state index in [2.05, 4.69) is 15.8 Å². The van der Waals surface area contributed by atoms with E-state index >= 15 is 0 Å². The van der Waals surface area contributed by atoms with Crippen LogP contribution in [0.15, 0.2) is 102 Å². The molecule has 6 heteroatoms. The summed E-state index contributed by atoms with van der Waals surface area (Å²) in [7, 11) is 0. The number of hydrogen-bond acceptors (Lipinski definition) is 4. The highest BCUT2D eigenvalue weighted by atomic mass is 16.5. The molecular formula is C26H21N3O3. The van der Waals surface area contributed by atoms with Gasteiger partial charge in [-0.25, -0.2) is 5.43 Å². The number of amides is 2. The molecule has 0 aliphatic rings. The van der Waals surface area contributed by atoms with Crippen LogP contribution in [-0.2, 0) is 16.2 Å². The Bertz CT molecular complexity index is 1260. The van der Waals surface area contributed by atoms with Crippen molar-refractivity contribution in [3.8, 4) is 5.75 Å². The van der Waals surface area contributed by atoms with Crippen molar-refractivity contribution in [2.24, 2.45) is 5.10 Å². The fraction of sp³-hybridized carbons (Fsp3) is 0.0385. The third kappa shape index (κ3) is 5.17. The third-order valence-corrected chi connectivity index (χ3v) is 4.77. The molecule has 0 atom stereocenters. The summed E-state index contributed by atoms with van der Waals surface area (Å²) in [6.45, 7) is 0.408. The van der Waals surface area contributed by atoms with Gasteiger partial charge < -0.3 is 10.1 Å². The minimum atomic E-state index is -0.864. The van der Waals surface area contributed by atoms with Crippen molar-refractivity contribution in [1.29, 1.82) is 0 Å². The lowest BCUT2D eigenvalue weighted by molar-refractivity contribution is -0.136. The number of hydrazone groups is 1. The van der Waals surface area contributed by atoms with Gasteiger partial charge in [-0.3, -0.25) is 9.59 Å². The maximum atomic E-state index is 12.3. The van der Waals surface area contributed by atoms with Crippen LogP contribution in [0, 0.1) is 0 Å². The zero-order valence-corrected chi connectivity index (χ0v) is 17.2. The van der Waals surface area contributed by atoms with Crippen molar-refractivity contribution in [3.05, 3.63) is 108 Å². The molecule has 0 bridgehead atoms. The summed E-state index contributed by atoms with van der Waals surface area (Å²) in [6, 6.07) is 30.2. The van der Waals surface area contributed by atoms with E-state index in [9.17, 15) is 9.59 Å². The van der Waals surface area contributed by atoms with Gasteiger partial charge in [0.1, 0.15) is 12.4 Å². The molecule has 0 fully saturated rings. The van der Waals surface area contributed by atoms with Gasteiger partial charge in [0, 0.05) is 16.6 Å². The van der Waals surface area contributed by atoms with Crippen molar-refractivity contribution in [2.75, 3.05) is 5.32 Å². The Morgan fingerprint density at radius 3 is 2.38 bits per heavy atom. The molecule has 0 saturated heterocycles. The maximum Gasteiger partial charge on any atom is 0.329 e. The number of carbonyl (C=O) groups excluding carboxylic acids is 2. The van der Waals surface area contributed by atoms with Crippen LogP contribution in [-0.4, -0.2) is 18.0 Å². The summed E-state index contributed by atoms with van der Waals surface area (Å²) < 4.78 is 5.86. The number of ether oxygens (including phenoxy) is 1. The number of para-hydroxylation sites is 1. The van der Waals surface area contributed by atoms with E-state index in [4.69, 9.17) is 4.74 Å². The van der Waals surface area contributed by atoms with Crippen molar-refractivity contribution < 1.29 is 14.3 Å². The van der Waals surface area contributed by atoms with Crippen LogP contribution in [0.25, 0.3) is 10.8 Å². The Balaban J connectivity index is 1.37. The first-order valence-corrected chi connectivity index (χ1v) is 10.1. The molecule has 0 radical (unpaired) electrons. The highest BCUT2D eigenvalue weighted by molar-refractivity contribution is 6.40. The van der Waals surface area contributed by atoms with Gasteiger partial charge in [-0.15, -0.1) is 0 Å². The zero-order valence-electron chi connectivity index (χ0n) is 17.2. The van der Waals surface area contributed by atoms with Crippen LogP contribution < -0.4 is 15.5 Å². The lowest BCUT2D eigenvalue weighted by Gasteiger charge is -2.09. The van der Waals surface area contributed by atoms with Gasteiger partial charge >= 0.3 is 11.8 Å². The number of rotatable bonds is 6. The highest BCUT2D eigenvalue weighted by Gasteiger charge is 2.14. The van der Waals surface area contributed by atoms with Crippen molar-refractivity contribution in [3.63, 3.8) is 0 Å². The van der Waals surface area contributed by atoms with Crippen LogP contribution in [0.2, 0.25) is 0 Å². The largest absolute Gasteiger partial charge is 0.488 e. The SMILES string of the molecule is O=C(N/N=C/c1ccccc1OCc1ccccc1)C(=O)Nc1cccc2ccccc12. The quantitative estimate of drug-likeness (QED) is 0.272. The van der Waals surface area contributed by atoms with Crippen LogP contribution in [0.1, 0.15) is 11.1 Å². The molecule has 4 rings (SSSR count). The van der Waals surface area contributed by atoms with Gasteiger partial charge in [0.05, 0.1) is 6.21 Å². The van der Waals surface area contributed by atoms with Gasteiger partial charge in [0.2, 0.25) is 0 Å². The number of benzene rings is 4. The summed E-state index contributed by atoms with van der Waals surface area (Å²) in [4.78, 5) is 24.5. The number of fused-ring (bicyclic) bond motifs is 1. The summed E-state index contributed by atoms with van der Waals surface area (Å²) in [5.74, 6) is -1.04. The van der Waals surface area contributed by atoms with Gasteiger partial charge in [0.25, 0.3) is 0 Å². The summed E-state index contributed by atoms with van der Waals surface area (Å²) in [6.07, 6.45) is 1.45. The second kappa shape index (κ2) is 10.0. The smallest absolute Gasteiger partial charge is 0.329 e.